The van der Waals surface area contributed by atoms with Crippen molar-refractivity contribution in [1.29, 1.82) is 0 Å². The number of ether oxygens (including phenoxy) is 2. The highest BCUT2D eigenvalue weighted by atomic mass is 19.4. The standard InChI is InChI=1S/C29H25F3N4O3/c30-29(31,32)26-14-23(21-11-12-24-25(13-21)39-18-38-24)34-27-22(15-33-36(26)27)28(37)35(16-19-7-3-1-4-8-19)17-20-9-5-2-6-10-20/h1-13,15,23,26,34H,14,16-18H2. The molecule has 0 radical (unpaired) electrons. The number of halogens is 3. The summed E-state index contributed by atoms with van der Waals surface area (Å²) in [7, 11) is 0. The normalized spacial score (nSPS) is 17.8. The molecule has 39 heavy (non-hydrogen) atoms. The largest absolute Gasteiger partial charge is 0.454 e. The van der Waals surface area contributed by atoms with Gasteiger partial charge in [-0.25, -0.2) is 4.68 Å². The molecule has 2 aliphatic rings. The molecule has 1 amide bonds. The first-order valence-electron chi connectivity index (χ1n) is 12.5. The number of nitrogens with zero attached hydrogens (tertiary/aromatic N) is 3. The SMILES string of the molecule is O=C(c1cnn2c1NC(c1ccc3c(c1)OCO3)CC2C(F)(F)F)N(Cc1ccccc1)Cc1ccccc1. The van der Waals surface area contributed by atoms with E-state index < -0.39 is 24.2 Å². The summed E-state index contributed by atoms with van der Waals surface area (Å²) >= 11 is 0. The van der Waals surface area contributed by atoms with Gasteiger partial charge in [-0.05, 0) is 28.8 Å². The van der Waals surface area contributed by atoms with Crippen LogP contribution in [-0.4, -0.2) is 33.6 Å². The lowest BCUT2D eigenvalue weighted by molar-refractivity contribution is -0.173. The van der Waals surface area contributed by atoms with E-state index in [-0.39, 0.29) is 37.7 Å². The molecular weight excluding hydrogens is 509 g/mol. The number of hydrogen-bond acceptors (Lipinski definition) is 5. The molecule has 0 aliphatic carbocycles. The number of amides is 1. The van der Waals surface area contributed by atoms with Gasteiger partial charge in [0.15, 0.2) is 17.5 Å². The van der Waals surface area contributed by atoms with Gasteiger partial charge < -0.3 is 19.7 Å². The van der Waals surface area contributed by atoms with Crippen molar-refractivity contribution in [2.75, 3.05) is 12.1 Å². The Morgan fingerprint density at radius 1 is 0.949 bits per heavy atom. The number of aromatic nitrogens is 2. The number of fused-ring (bicyclic) bond motifs is 2. The Hall–Kier alpha value is -4.47. The summed E-state index contributed by atoms with van der Waals surface area (Å²) < 4.78 is 54.4. The molecule has 0 bridgehead atoms. The highest BCUT2D eigenvalue weighted by Crippen LogP contribution is 2.46. The van der Waals surface area contributed by atoms with Gasteiger partial charge in [-0.2, -0.15) is 18.3 Å². The predicted molar refractivity (Wildman–Crippen MR) is 137 cm³/mol. The summed E-state index contributed by atoms with van der Waals surface area (Å²) in [4.78, 5) is 15.6. The van der Waals surface area contributed by atoms with Crippen molar-refractivity contribution < 1.29 is 27.4 Å². The minimum atomic E-state index is -4.56. The molecule has 0 saturated carbocycles. The summed E-state index contributed by atoms with van der Waals surface area (Å²) in [5, 5.41) is 7.23. The van der Waals surface area contributed by atoms with E-state index in [0.717, 1.165) is 15.8 Å². The zero-order valence-electron chi connectivity index (χ0n) is 20.8. The van der Waals surface area contributed by atoms with Crippen molar-refractivity contribution in [3.63, 3.8) is 0 Å². The van der Waals surface area contributed by atoms with Crippen molar-refractivity contribution >= 4 is 11.7 Å². The Morgan fingerprint density at radius 2 is 1.59 bits per heavy atom. The first-order valence-corrected chi connectivity index (χ1v) is 12.5. The van der Waals surface area contributed by atoms with Crippen LogP contribution < -0.4 is 14.8 Å². The van der Waals surface area contributed by atoms with Crippen LogP contribution in [0.5, 0.6) is 11.5 Å². The third kappa shape index (κ3) is 5.01. The van der Waals surface area contributed by atoms with E-state index >= 15 is 0 Å². The maximum absolute atomic E-state index is 14.2. The van der Waals surface area contributed by atoms with Gasteiger partial charge in [-0.3, -0.25) is 4.79 Å². The first kappa shape index (κ1) is 24.8. The van der Waals surface area contributed by atoms with Crippen molar-refractivity contribution in [2.24, 2.45) is 0 Å². The average Bonchev–Trinajstić information content (AvgIpc) is 3.59. The topological polar surface area (TPSA) is 68.6 Å². The molecule has 2 aliphatic heterocycles. The minimum absolute atomic E-state index is 0.0439. The summed E-state index contributed by atoms with van der Waals surface area (Å²) in [6.07, 6.45) is -3.62. The van der Waals surface area contributed by atoms with E-state index in [9.17, 15) is 18.0 Å². The van der Waals surface area contributed by atoms with E-state index in [1.54, 1.807) is 23.1 Å². The molecule has 4 aromatic rings. The van der Waals surface area contributed by atoms with Crippen LogP contribution in [0.3, 0.4) is 0 Å². The molecule has 7 nitrogen and oxygen atoms in total. The lowest BCUT2D eigenvalue weighted by atomic mass is 9.96. The summed E-state index contributed by atoms with van der Waals surface area (Å²) in [6.45, 7) is 0.632. The number of carbonyl (C=O) groups excluding carboxylic acids is 1. The molecule has 0 saturated heterocycles. The van der Waals surface area contributed by atoms with Gasteiger partial charge >= 0.3 is 6.18 Å². The third-order valence-electron chi connectivity index (χ3n) is 6.99. The van der Waals surface area contributed by atoms with E-state index in [4.69, 9.17) is 9.47 Å². The van der Waals surface area contributed by atoms with Crippen LogP contribution in [0.25, 0.3) is 0 Å². The Balaban J connectivity index is 1.36. The number of nitrogens with one attached hydrogen (secondary N) is 1. The van der Waals surface area contributed by atoms with Gasteiger partial charge in [0.1, 0.15) is 11.4 Å². The second kappa shape index (κ2) is 10.0. The number of carbonyl (C=O) groups is 1. The zero-order valence-corrected chi connectivity index (χ0v) is 20.8. The molecule has 3 heterocycles. The smallest absolute Gasteiger partial charge is 0.410 e. The van der Waals surface area contributed by atoms with Gasteiger partial charge in [-0.1, -0.05) is 66.7 Å². The van der Waals surface area contributed by atoms with Crippen LogP contribution in [0.4, 0.5) is 19.0 Å². The van der Waals surface area contributed by atoms with Crippen molar-refractivity contribution in [3.8, 4) is 11.5 Å². The molecule has 1 N–H and O–H groups in total. The van der Waals surface area contributed by atoms with Gasteiger partial charge in [0.25, 0.3) is 5.91 Å². The Kier molecular flexibility index (Phi) is 6.38. The molecule has 2 atom stereocenters. The lowest BCUT2D eigenvalue weighted by Gasteiger charge is -2.34. The Morgan fingerprint density at radius 3 is 2.23 bits per heavy atom. The quantitative estimate of drug-likeness (QED) is 0.323. The van der Waals surface area contributed by atoms with Crippen LogP contribution in [0.1, 0.15) is 45.6 Å². The number of benzene rings is 3. The lowest BCUT2D eigenvalue weighted by Crippen LogP contribution is -2.37. The van der Waals surface area contributed by atoms with Crippen LogP contribution >= 0.6 is 0 Å². The minimum Gasteiger partial charge on any atom is -0.454 e. The van der Waals surface area contributed by atoms with Crippen LogP contribution in [0.15, 0.2) is 85.1 Å². The van der Waals surface area contributed by atoms with Crippen molar-refractivity contribution in [2.45, 2.75) is 37.8 Å². The van der Waals surface area contributed by atoms with Crippen molar-refractivity contribution in [3.05, 3.63) is 107 Å². The highest BCUT2D eigenvalue weighted by molar-refractivity contribution is 5.99. The first-order chi connectivity index (χ1) is 18.9. The number of anilines is 1. The van der Waals surface area contributed by atoms with Crippen LogP contribution in [0.2, 0.25) is 0 Å². The molecule has 10 heteroatoms. The fraction of sp³-hybridized carbons (Fsp3) is 0.241. The molecule has 0 fully saturated rings. The van der Waals surface area contributed by atoms with Crippen LogP contribution in [0, 0.1) is 0 Å². The third-order valence-corrected chi connectivity index (χ3v) is 6.99. The summed E-state index contributed by atoms with van der Waals surface area (Å²) in [5.74, 6) is 0.650. The van der Waals surface area contributed by atoms with E-state index in [1.165, 1.54) is 6.20 Å². The van der Waals surface area contributed by atoms with Crippen LogP contribution in [-0.2, 0) is 13.1 Å². The molecule has 200 valence electrons. The Labute approximate surface area is 222 Å². The number of alkyl halides is 3. The fourth-order valence-corrected chi connectivity index (χ4v) is 5.05. The zero-order chi connectivity index (χ0) is 27.0. The highest BCUT2D eigenvalue weighted by Gasteiger charge is 2.47. The molecular formula is C29H25F3N4O3. The van der Waals surface area contributed by atoms with E-state index in [1.807, 2.05) is 60.7 Å². The van der Waals surface area contributed by atoms with E-state index in [0.29, 0.717) is 17.1 Å². The summed E-state index contributed by atoms with van der Waals surface area (Å²) in [5.41, 5.74) is 2.50. The monoisotopic (exact) mass is 534 g/mol. The van der Waals surface area contributed by atoms with Crippen molar-refractivity contribution in [1.82, 2.24) is 14.7 Å². The maximum atomic E-state index is 14.2. The molecule has 1 aromatic heterocycles. The molecule has 3 aromatic carbocycles. The van der Waals surface area contributed by atoms with Gasteiger partial charge in [0.2, 0.25) is 6.79 Å². The summed E-state index contributed by atoms with van der Waals surface area (Å²) in [6, 6.07) is 21.4. The van der Waals surface area contributed by atoms with Gasteiger partial charge in [0, 0.05) is 19.5 Å². The molecule has 0 spiro atoms. The second-order valence-electron chi connectivity index (χ2n) is 9.59. The molecule has 2 unspecified atom stereocenters. The predicted octanol–water partition coefficient (Wildman–Crippen LogP) is 6.11. The average molecular weight is 535 g/mol. The maximum Gasteiger partial charge on any atom is 0.410 e. The number of hydrogen-bond donors (Lipinski definition) is 1. The van der Waals surface area contributed by atoms with Gasteiger partial charge in [0.05, 0.1) is 12.2 Å². The van der Waals surface area contributed by atoms with Gasteiger partial charge in [-0.15, -0.1) is 0 Å². The van der Waals surface area contributed by atoms with E-state index in [2.05, 4.69) is 10.4 Å². The number of rotatable bonds is 6. The fourth-order valence-electron chi connectivity index (χ4n) is 5.05. The molecule has 6 rings (SSSR count). The second-order valence-corrected chi connectivity index (χ2v) is 9.59. The Bertz CT molecular complexity index is 1430.